The fourth-order valence-electron chi connectivity index (χ4n) is 10.1. The molecule has 5 aliphatic rings. The lowest BCUT2D eigenvalue weighted by atomic mass is 9.70. The van der Waals surface area contributed by atoms with Crippen LogP contribution < -0.4 is 24.6 Å². The standard InChI is InChI=1S/C49H53ClN8O9S/c1-49(2)13-11-32(37(26-49)30-5-7-33(50)8-6-30)27-55-16-18-56(19-17-55)34-9-10-39(57-15-3-4-42(59)45-40(57)22-31-12-14-51-47(31)53-45)36(23-34)48(60)54-68(63,64)35-24-41(58(61)62)46-43(25-35)67-28-38(52-46)44-29-65-20-21-66-44/h5-12,14,22-25,37-38,44,52H,3-4,13,15-21,26-29H2,1-2H3,(H,51,53)(H,54,60)/t37?,38-,44?/m1/s1. The summed E-state index contributed by atoms with van der Waals surface area (Å²) in [6.07, 6.45) is 6.42. The van der Waals surface area contributed by atoms with Crippen molar-refractivity contribution in [1.29, 1.82) is 0 Å². The Hall–Kier alpha value is -6.05. The van der Waals surface area contributed by atoms with Crippen LogP contribution in [0.15, 0.2) is 89.5 Å². The zero-order valence-electron chi connectivity index (χ0n) is 37.8. The monoisotopic (exact) mass is 964 g/mol. The Bertz CT molecular complexity index is 2930. The number of ether oxygens (including phenoxy) is 3. The van der Waals surface area contributed by atoms with Gasteiger partial charge in [-0.3, -0.25) is 24.6 Å². The number of Topliss-reactive ketones (excluding diaryl/α,β-unsaturated/α-hetero) is 1. The fourth-order valence-corrected chi connectivity index (χ4v) is 11.2. The van der Waals surface area contributed by atoms with Crippen LogP contribution in [0.3, 0.4) is 0 Å². The van der Waals surface area contributed by atoms with Crippen molar-refractivity contribution >= 4 is 72.8 Å². The van der Waals surface area contributed by atoms with Gasteiger partial charge in [-0.05, 0) is 72.7 Å². The number of fused-ring (bicyclic) bond motifs is 3. The Morgan fingerprint density at radius 3 is 2.57 bits per heavy atom. The van der Waals surface area contributed by atoms with Gasteiger partial charge in [0.15, 0.2) is 17.2 Å². The van der Waals surface area contributed by atoms with Crippen LogP contribution in [-0.4, -0.2) is 118 Å². The number of carbonyl (C=O) groups is 2. The molecule has 10 rings (SSSR count). The quantitative estimate of drug-likeness (QED) is 0.0702. The number of amides is 1. The Morgan fingerprint density at radius 2 is 1.81 bits per heavy atom. The van der Waals surface area contributed by atoms with Crippen LogP contribution in [0.1, 0.15) is 71.9 Å². The number of halogens is 1. The number of H-pyrrole nitrogens is 1. The average molecular weight is 966 g/mol. The minimum absolute atomic E-state index is 0.00101. The molecule has 2 aromatic heterocycles. The molecule has 17 nitrogen and oxygen atoms in total. The van der Waals surface area contributed by atoms with Gasteiger partial charge in [-0.2, -0.15) is 0 Å². The van der Waals surface area contributed by atoms with Crippen LogP contribution in [0.2, 0.25) is 5.02 Å². The highest BCUT2D eigenvalue weighted by Crippen LogP contribution is 2.45. The number of nitro benzene ring substituents is 1. The molecule has 3 N–H and O–H groups in total. The lowest BCUT2D eigenvalue weighted by Gasteiger charge is -2.40. The molecule has 2 fully saturated rings. The lowest BCUT2D eigenvalue weighted by Crippen LogP contribution is -2.47. The first kappa shape index (κ1) is 45.7. The number of allylic oxidation sites excluding steroid dienone is 1. The number of nitro groups is 1. The number of carbonyl (C=O) groups excluding carboxylic acids is 2. The average Bonchev–Trinajstić information content (AvgIpc) is 3.74. The number of piperazine rings is 1. The third-order valence-corrected chi connectivity index (χ3v) is 15.3. The molecule has 6 heterocycles. The van der Waals surface area contributed by atoms with E-state index >= 15 is 0 Å². The number of aromatic nitrogens is 2. The molecule has 3 atom stereocenters. The Balaban J connectivity index is 0.945. The van der Waals surface area contributed by atoms with Gasteiger partial charge < -0.3 is 34.3 Å². The maximum absolute atomic E-state index is 14.7. The van der Waals surface area contributed by atoms with Crippen LogP contribution >= 0.6 is 11.6 Å². The number of anilines is 4. The molecule has 2 unspecified atom stereocenters. The number of nitrogens with zero attached hydrogens (tertiary/aromatic N) is 5. The number of ketones is 1. The van der Waals surface area contributed by atoms with Crippen molar-refractivity contribution in [3.8, 4) is 5.75 Å². The summed E-state index contributed by atoms with van der Waals surface area (Å²) in [6.45, 7) is 9.66. The number of pyridine rings is 1. The summed E-state index contributed by atoms with van der Waals surface area (Å²) in [7, 11) is -4.75. The normalized spacial score (nSPS) is 22.0. The van der Waals surface area contributed by atoms with E-state index in [1.807, 2.05) is 35.2 Å². The van der Waals surface area contributed by atoms with Crippen molar-refractivity contribution in [3.63, 3.8) is 0 Å². The minimum Gasteiger partial charge on any atom is -0.489 e. The second-order valence-corrected chi connectivity index (χ2v) is 21.0. The van der Waals surface area contributed by atoms with Crippen molar-refractivity contribution < 1.29 is 37.1 Å². The van der Waals surface area contributed by atoms with Gasteiger partial charge in [-0.25, -0.2) is 18.1 Å². The van der Waals surface area contributed by atoms with Gasteiger partial charge in [0.25, 0.3) is 21.6 Å². The van der Waals surface area contributed by atoms with Crippen molar-refractivity contribution in [2.24, 2.45) is 5.41 Å². The van der Waals surface area contributed by atoms with E-state index in [1.54, 1.807) is 18.3 Å². The molecule has 0 spiro atoms. The third-order valence-electron chi connectivity index (χ3n) is 13.7. The van der Waals surface area contributed by atoms with E-state index in [0.29, 0.717) is 67.0 Å². The van der Waals surface area contributed by atoms with Gasteiger partial charge in [0, 0.05) is 86.0 Å². The molecule has 5 aromatic rings. The molecule has 3 aromatic carbocycles. The van der Waals surface area contributed by atoms with Crippen LogP contribution in [0.25, 0.3) is 11.0 Å². The molecule has 2 saturated heterocycles. The maximum Gasteiger partial charge on any atom is 0.297 e. The van der Waals surface area contributed by atoms with Crippen LogP contribution in [0, 0.1) is 15.5 Å². The smallest absolute Gasteiger partial charge is 0.297 e. The molecule has 19 heteroatoms. The van der Waals surface area contributed by atoms with Crippen molar-refractivity contribution in [1.82, 2.24) is 19.6 Å². The Morgan fingerprint density at radius 1 is 1.00 bits per heavy atom. The SMILES string of the molecule is CC1(C)CC=C(CN2CCN(c3ccc(N4CCCC(=O)c5nc6[nH]ccc6cc54)c(C(=O)NS(=O)(=O)c4cc5c(c([N+](=O)[O-])c4)N[C@@H](C4COCCO4)CO5)c3)CC2)C(c2ccc(Cl)cc2)C1. The van der Waals surface area contributed by atoms with Crippen LogP contribution in [0.5, 0.6) is 5.75 Å². The third kappa shape index (κ3) is 9.27. The van der Waals surface area contributed by atoms with E-state index in [0.717, 1.165) is 43.9 Å². The molecule has 68 heavy (non-hydrogen) atoms. The number of hydrogen-bond acceptors (Lipinski definition) is 14. The van der Waals surface area contributed by atoms with E-state index in [2.05, 4.69) is 61.9 Å². The summed E-state index contributed by atoms with van der Waals surface area (Å²) in [5, 5.41) is 17.0. The first-order chi connectivity index (χ1) is 32.7. The van der Waals surface area contributed by atoms with Gasteiger partial charge in [-0.1, -0.05) is 49.2 Å². The van der Waals surface area contributed by atoms with Crippen molar-refractivity contribution in [2.45, 2.75) is 62.5 Å². The van der Waals surface area contributed by atoms with Gasteiger partial charge in [0.05, 0.1) is 52.6 Å². The fraction of sp³-hybridized carbons (Fsp3) is 0.408. The topological polar surface area (TPSA) is 202 Å². The van der Waals surface area contributed by atoms with E-state index in [9.17, 15) is 28.1 Å². The van der Waals surface area contributed by atoms with Gasteiger partial charge in [0.2, 0.25) is 0 Å². The Labute approximate surface area is 399 Å². The predicted molar refractivity (Wildman–Crippen MR) is 258 cm³/mol. The lowest BCUT2D eigenvalue weighted by molar-refractivity contribution is -0.384. The largest absolute Gasteiger partial charge is 0.489 e. The summed E-state index contributed by atoms with van der Waals surface area (Å²) in [5.41, 5.74) is 4.69. The molecular weight excluding hydrogens is 912 g/mol. The summed E-state index contributed by atoms with van der Waals surface area (Å²) >= 11 is 6.27. The summed E-state index contributed by atoms with van der Waals surface area (Å²) < 4.78 is 48.0. The van der Waals surface area contributed by atoms with E-state index in [1.165, 1.54) is 17.2 Å². The number of sulfonamides is 1. The number of aromatic amines is 1. The number of rotatable bonds is 10. The summed E-state index contributed by atoms with van der Waals surface area (Å²) in [5.74, 6) is -0.878. The van der Waals surface area contributed by atoms with Crippen molar-refractivity contribution in [3.05, 3.63) is 117 Å². The molecular formula is C49H53ClN8O9S. The first-order valence-corrected chi connectivity index (χ1v) is 24.9. The van der Waals surface area contributed by atoms with Crippen LogP contribution in [-0.2, 0) is 19.5 Å². The number of hydrogen-bond donors (Lipinski definition) is 3. The second-order valence-electron chi connectivity index (χ2n) is 18.9. The first-order valence-electron chi connectivity index (χ1n) is 23.0. The predicted octanol–water partition coefficient (Wildman–Crippen LogP) is 7.60. The zero-order valence-corrected chi connectivity index (χ0v) is 39.4. The number of benzene rings is 3. The highest BCUT2D eigenvalue weighted by Gasteiger charge is 2.37. The highest BCUT2D eigenvalue weighted by molar-refractivity contribution is 7.90. The molecule has 0 saturated carbocycles. The van der Waals surface area contributed by atoms with Gasteiger partial charge in [-0.15, -0.1) is 0 Å². The minimum atomic E-state index is -4.75. The number of nitrogens with one attached hydrogen (secondary N) is 3. The zero-order chi connectivity index (χ0) is 47.3. The van der Waals surface area contributed by atoms with E-state index < -0.39 is 43.6 Å². The second kappa shape index (κ2) is 18.5. The van der Waals surface area contributed by atoms with E-state index in [4.69, 9.17) is 25.8 Å². The summed E-state index contributed by atoms with van der Waals surface area (Å²) in [6, 6.07) is 18.8. The molecule has 0 radical (unpaired) electrons. The Kier molecular flexibility index (Phi) is 12.4. The van der Waals surface area contributed by atoms with Crippen molar-refractivity contribution in [2.75, 3.05) is 80.8 Å². The van der Waals surface area contributed by atoms with Gasteiger partial charge in [0.1, 0.15) is 24.1 Å². The highest BCUT2D eigenvalue weighted by atomic mass is 35.5. The molecule has 356 valence electrons. The molecule has 1 amide bonds. The molecule has 0 bridgehead atoms. The molecule has 4 aliphatic heterocycles. The van der Waals surface area contributed by atoms with E-state index in [-0.39, 0.29) is 59.4 Å². The maximum atomic E-state index is 14.7. The molecule has 1 aliphatic carbocycles. The van der Waals surface area contributed by atoms with Crippen LogP contribution in [0.4, 0.5) is 28.4 Å². The van der Waals surface area contributed by atoms with Gasteiger partial charge >= 0.3 is 0 Å². The summed E-state index contributed by atoms with van der Waals surface area (Å²) in [4.78, 5) is 53.7.